The number of methoxy groups -OCH3 is 1. The van der Waals surface area contributed by atoms with E-state index in [1.54, 1.807) is 12.1 Å². The summed E-state index contributed by atoms with van der Waals surface area (Å²) in [6, 6.07) is 6.15. The summed E-state index contributed by atoms with van der Waals surface area (Å²) >= 11 is 0. The van der Waals surface area contributed by atoms with E-state index in [1.807, 2.05) is 19.1 Å². The van der Waals surface area contributed by atoms with Crippen LogP contribution in [0, 0.1) is 0 Å². The number of esters is 3. The van der Waals surface area contributed by atoms with Gasteiger partial charge in [0.15, 0.2) is 0 Å². The number of carbonyl (C=O) groups is 3. The van der Waals surface area contributed by atoms with Gasteiger partial charge in [0.25, 0.3) is 0 Å². The van der Waals surface area contributed by atoms with Gasteiger partial charge in [-0.25, -0.2) is 14.4 Å². The fourth-order valence-electron chi connectivity index (χ4n) is 1.67. The second-order valence-corrected chi connectivity index (χ2v) is 4.58. The highest BCUT2D eigenvalue weighted by atomic mass is 16.5. The summed E-state index contributed by atoms with van der Waals surface area (Å²) in [7, 11) is 1.23. The van der Waals surface area contributed by atoms with Crippen LogP contribution >= 0.6 is 0 Å². The van der Waals surface area contributed by atoms with Crippen molar-refractivity contribution < 1.29 is 28.6 Å². The Hall–Kier alpha value is -2.89. The number of ether oxygens (including phenoxy) is 3. The first kappa shape index (κ1) is 19.2. The molecule has 0 spiro atoms. The van der Waals surface area contributed by atoms with E-state index in [0.29, 0.717) is 6.42 Å². The first-order valence-electron chi connectivity index (χ1n) is 7.47. The maximum Gasteiger partial charge on any atom is 0.341 e. The molecule has 0 heterocycles. The third-order valence-corrected chi connectivity index (χ3v) is 2.79. The molecular formula is C18H20O6. The number of para-hydroxylation sites is 1. The zero-order chi connectivity index (χ0) is 17.8. The van der Waals surface area contributed by atoms with Crippen LogP contribution in [0.1, 0.15) is 30.1 Å². The van der Waals surface area contributed by atoms with Gasteiger partial charge in [0.05, 0.1) is 13.7 Å². The Bertz CT molecular complexity index is 630. The predicted octanol–water partition coefficient (Wildman–Crippen LogP) is 2.83. The lowest BCUT2D eigenvalue weighted by atomic mass is 10.2. The Kier molecular flexibility index (Phi) is 8.60. The van der Waals surface area contributed by atoms with Gasteiger partial charge in [-0.15, -0.1) is 0 Å². The van der Waals surface area contributed by atoms with Gasteiger partial charge in [0.2, 0.25) is 0 Å². The minimum absolute atomic E-state index is 0.0528. The van der Waals surface area contributed by atoms with Crippen molar-refractivity contribution in [2.24, 2.45) is 0 Å². The van der Waals surface area contributed by atoms with Gasteiger partial charge >= 0.3 is 17.9 Å². The van der Waals surface area contributed by atoms with Crippen LogP contribution in [0.4, 0.5) is 0 Å². The molecule has 6 nitrogen and oxygen atoms in total. The SMILES string of the molecule is CC/C=C\CCOC(=O)/C=C/C(=O)Oc1ccccc1C(=O)OC. The van der Waals surface area contributed by atoms with Crippen molar-refractivity contribution in [3.8, 4) is 5.75 Å². The van der Waals surface area contributed by atoms with E-state index in [4.69, 9.17) is 9.47 Å². The minimum Gasteiger partial charge on any atom is -0.465 e. The maximum absolute atomic E-state index is 11.7. The van der Waals surface area contributed by atoms with Crippen LogP contribution in [0.3, 0.4) is 0 Å². The van der Waals surface area contributed by atoms with Gasteiger partial charge in [0.1, 0.15) is 11.3 Å². The lowest BCUT2D eigenvalue weighted by Gasteiger charge is -2.06. The number of carbonyl (C=O) groups excluding carboxylic acids is 3. The van der Waals surface area contributed by atoms with Crippen LogP contribution in [0.25, 0.3) is 0 Å². The summed E-state index contributed by atoms with van der Waals surface area (Å²) in [4.78, 5) is 34.7. The number of hydrogen-bond donors (Lipinski definition) is 0. The van der Waals surface area contributed by atoms with Crippen molar-refractivity contribution in [1.82, 2.24) is 0 Å². The summed E-state index contributed by atoms with van der Waals surface area (Å²) in [5.74, 6) is -2.01. The topological polar surface area (TPSA) is 78.9 Å². The summed E-state index contributed by atoms with van der Waals surface area (Å²) in [6.07, 6.45) is 7.34. The summed E-state index contributed by atoms with van der Waals surface area (Å²) < 4.78 is 14.5. The first-order valence-corrected chi connectivity index (χ1v) is 7.47. The molecule has 0 saturated carbocycles. The smallest absolute Gasteiger partial charge is 0.341 e. The van der Waals surface area contributed by atoms with Gasteiger partial charge in [-0.3, -0.25) is 0 Å². The van der Waals surface area contributed by atoms with Crippen molar-refractivity contribution in [3.63, 3.8) is 0 Å². The van der Waals surface area contributed by atoms with Gasteiger partial charge < -0.3 is 14.2 Å². The normalized spacial score (nSPS) is 10.8. The highest BCUT2D eigenvalue weighted by Gasteiger charge is 2.14. The first-order chi connectivity index (χ1) is 11.6. The largest absolute Gasteiger partial charge is 0.465 e. The molecule has 24 heavy (non-hydrogen) atoms. The van der Waals surface area contributed by atoms with E-state index in [9.17, 15) is 14.4 Å². The summed E-state index contributed by atoms with van der Waals surface area (Å²) in [5, 5.41) is 0. The predicted molar refractivity (Wildman–Crippen MR) is 87.6 cm³/mol. The fourth-order valence-corrected chi connectivity index (χ4v) is 1.67. The second kappa shape index (κ2) is 10.8. The van der Waals surface area contributed by atoms with Gasteiger partial charge in [-0.1, -0.05) is 31.2 Å². The van der Waals surface area contributed by atoms with Crippen LogP contribution in [-0.2, 0) is 19.1 Å². The minimum atomic E-state index is -0.797. The average molecular weight is 332 g/mol. The number of rotatable bonds is 8. The van der Waals surface area contributed by atoms with Crippen LogP contribution in [-0.4, -0.2) is 31.6 Å². The molecule has 0 radical (unpaired) electrons. The van der Waals surface area contributed by atoms with Crippen molar-refractivity contribution in [2.45, 2.75) is 19.8 Å². The lowest BCUT2D eigenvalue weighted by molar-refractivity contribution is -0.138. The molecule has 0 amide bonds. The molecule has 1 rings (SSSR count). The molecule has 0 atom stereocenters. The molecule has 0 bridgehead atoms. The molecule has 6 heteroatoms. The Labute approximate surface area is 140 Å². The van der Waals surface area contributed by atoms with E-state index in [1.165, 1.54) is 19.2 Å². The molecule has 0 aliphatic rings. The Morgan fingerprint density at radius 3 is 2.46 bits per heavy atom. The van der Waals surface area contributed by atoms with E-state index in [0.717, 1.165) is 18.6 Å². The molecular weight excluding hydrogens is 312 g/mol. The molecule has 0 aromatic heterocycles. The second-order valence-electron chi connectivity index (χ2n) is 4.58. The molecule has 0 aliphatic heterocycles. The standard InChI is InChI=1S/C18H20O6/c1-3-4-5-8-13-23-16(19)11-12-17(20)24-15-10-7-6-9-14(15)18(21)22-2/h4-7,9-12H,3,8,13H2,1-2H3/b5-4-,12-11+. The highest BCUT2D eigenvalue weighted by Crippen LogP contribution is 2.19. The monoisotopic (exact) mass is 332 g/mol. The van der Waals surface area contributed by atoms with Gasteiger partial charge in [-0.05, 0) is 25.0 Å². The van der Waals surface area contributed by atoms with E-state index in [-0.39, 0.29) is 17.9 Å². The molecule has 1 aromatic rings. The number of allylic oxidation sites excluding steroid dienone is 1. The molecule has 128 valence electrons. The highest BCUT2D eigenvalue weighted by molar-refractivity contribution is 5.96. The maximum atomic E-state index is 11.7. The Morgan fingerprint density at radius 1 is 1.04 bits per heavy atom. The third kappa shape index (κ3) is 6.91. The molecule has 0 unspecified atom stereocenters. The summed E-state index contributed by atoms with van der Waals surface area (Å²) in [6.45, 7) is 2.25. The van der Waals surface area contributed by atoms with Crippen molar-refractivity contribution in [2.75, 3.05) is 13.7 Å². The van der Waals surface area contributed by atoms with Crippen LogP contribution in [0.2, 0.25) is 0 Å². The van der Waals surface area contributed by atoms with E-state index < -0.39 is 17.9 Å². The fraction of sp³-hybridized carbons (Fsp3) is 0.278. The molecule has 0 saturated heterocycles. The summed E-state index contributed by atoms with van der Waals surface area (Å²) in [5.41, 5.74) is 0.118. The van der Waals surface area contributed by atoms with Crippen LogP contribution in [0.5, 0.6) is 5.75 Å². The van der Waals surface area contributed by atoms with Crippen LogP contribution in [0.15, 0.2) is 48.6 Å². The van der Waals surface area contributed by atoms with E-state index >= 15 is 0 Å². The van der Waals surface area contributed by atoms with Crippen LogP contribution < -0.4 is 4.74 Å². The molecule has 1 aromatic carbocycles. The van der Waals surface area contributed by atoms with E-state index in [2.05, 4.69) is 4.74 Å². The van der Waals surface area contributed by atoms with Crippen molar-refractivity contribution in [3.05, 3.63) is 54.1 Å². The zero-order valence-corrected chi connectivity index (χ0v) is 13.7. The Morgan fingerprint density at radius 2 is 1.75 bits per heavy atom. The molecule has 0 aliphatic carbocycles. The third-order valence-electron chi connectivity index (χ3n) is 2.79. The average Bonchev–Trinajstić information content (AvgIpc) is 2.59. The molecule has 0 fully saturated rings. The Balaban J connectivity index is 2.53. The lowest BCUT2D eigenvalue weighted by Crippen LogP contribution is -2.10. The van der Waals surface area contributed by atoms with Gasteiger partial charge in [0, 0.05) is 12.2 Å². The number of benzene rings is 1. The van der Waals surface area contributed by atoms with Gasteiger partial charge in [-0.2, -0.15) is 0 Å². The molecule has 0 N–H and O–H groups in total. The number of hydrogen-bond acceptors (Lipinski definition) is 6. The van der Waals surface area contributed by atoms with Crippen molar-refractivity contribution in [1.29, 1.82) is 0 Å². The zero-order valence-electron chi connectivity index (χ0n) is 13.7. The quantitative estimate of drug-likeness (QED) is 0.239. The van der Waals surface area contributed by atoms with Crippen molar-refractivity contribution >= 4 is 17.9 Å².